The molecule has 0 radical (unpaired) electrons. The lowest BCUT2D eigenvalue weighted by molar-refractivity contribution is 0.280. The van der Waals surface area contributed by atoms with Crippen molar-refractivity contribution in [1.82, 2.24) is 9.55 Å². The molecule has 0 atom stereocenters. The van der Waals surface area contributed by atoms with Gasteiger partial charge in [-0.3, -0.25) is 0 Å². The number of aromatic nitrogens is 2. The van der Waals surface area contributed by atoms with Gasteiger partial charge in [-0.1, -0.05) is 24.3 Å². The van der Waals surface area contributed by atoms with Crippen molar-refractivity contribution < 1.29 is 15.3 Å². The van der Waals surface area contributed by atoms with Gasteiger partial charge in [0.15, 0.2) is 5.88 Å². The average molecular weight is 384 g/mol. The number of aliphatic hydroxyl groups excluding tert-OH is 1. The number of rotatable bonds is 2. The number of nitrogens with zero attached hydrogens (tertiary/aromatic N) is 1. The molecule has 0 amide bonds. The van der Waals surface area contributed by atoms with Crippen molar-refractivity contribution in [2.24, 2.45) is 0 Å². The molecule has 144 valence electrons. The maximum Gasteiger partial charge on any atom is 0.197 e. The van der Waals surface area contributed by atoms with Crippen LogP contribution in [-0.4, -0.2) is 31.5 Å². The molecule has 0 unspecified atom stereocenters. The number of phenols is 1. The van der Waals surface area contributed by atoms with E-state index in [-0.39, 0.29) is 18.2 Å². The summed E-state index contributed by atoms with van der Waals surface area (Å²) in [7, 11) is 0. The highest BCUT2D eigenvalue weighted by molar-refractivity contribution is 6.26. The molecule has 5 nitrogen and oxygen atoms in total. The number of H-pyrrole nitrogens is 1. The number of fused-ring (bicyclic) bond motifs is 10. The fourth-order valence-electron chi connectivity index (χ4n) is 5.19. The molecule has 2 heterocycles. The summed E-state index contributed by atoms with van der Waals surface area (Å²) in [4.78, 5) is 3.01. The van der Waals surface area contributed by atoms with Gasteiger partial charge in [0.05, 0.1) is 17.5 Å². The molecule has 29 heavy (non-hydrogen) atoms. The highest BCUT2D eigenvalue weighted by Crippen LogP contribution is 2.49. The van der Waals surface area contributed by atoms with Crippen LogP contribution >= 0.6 is 0 Å². The molecule has 3 aromatic carbocycles. The average Bonchev–Trinajstić information content (AvgIpc) is 3.27. The predicted octanol–water partition coefficient (Wildman–Crippen LogP) is 4.44. The van der Waals surface area contributed by atoms with Crippen LogP contribution in [0.15, 0.2) is 48.7 Å². The Morgan fingerprint density at radius 1 is 0.966 bits per heavy atom. The van der Waals surface area contributed by atoms with Crippen LogP contribution in [0.4, 0.5) is 0 Å². The zero-order chi connectivity index (χ0) is 19.7. The van der Waals surface area contributed by atoms with Crippen LogP contribution in [0.3, 0.4) is 0 Å². The molecule has 6 rings (SSSR count). The van der Waals surface area contributed by atoms with Crippen LogP contribution in [-0.2, 0) is 19.4 Å². The number of aryl methyl sites for hydroxylation is 2. The normalized spacial score (nSPS) is 13.3. The van der Waals surface area contributed by atoms with Crippen LogP contribution < -0.4 is 0 Å². The molecule has 1 aliphatic rings. The van der Waals surface area contributed by atoms with E-state index in [1.54, 1.807) is 6.07 Å². The van der Waals surface area contributed by atoms with E-state index >= 15 is 0 Å². The van der Waals surface area contributed by atoms with Crippen molar-refractivity contribution in [2.45, 2.75) is 19.4 Å². The molecule has 0 bridgehead atoms. The minimum absolute atomic E-state index is 0.0590. The molecule has 0 spiro atoms. The van der Waals surface area contributed by atoms with E-state index in [1.807, 2.05) is 30.5 Å². The van der Waals surface area contributed by atoms with Crippen LogP contribution in [0.25, 0.3) is 43.7 Å². The van der Waals surface area contributed by atoms with Crippen LogP contribution in [0.2, 0.25) is 0 Å². The van der Waals surface area contributed by atoms with Crippen molar-refractivity contribution in [3.8, 4) is 22.8 Å². The number of nitrogens with one attached hydrogen (secondary N) is 1. The number of aliphatic hydroxyl groups is 1. The van der Waals surface area contributed by atoms with Gasteiger partial charge in [-0.05, 0) is 47.7 Å². The Labute approximate surface area is 166 Å². The smallest absolute Gasteiger partial charge is 0.197 e. The zero-order valence-corrected chi connectivity index (χ0v) is 15.7. The summed E-state index contributed by atoms with van der Waals surface area (Å²) >= 11 is 0. The van der Waals surface area contributed by atoms with Crippen molar-refractivity contribution in [1.29, 1.82) is 0 Å². The highest BCUT2D eigenvalue weighted by Gasteiger charge is 2.28. The van der Waals surface area contributed by atoms with Gasteiger partial charge in [0.25, 0.3) is 0 Å². The quantitative estimate of drug-likeness (QED) is 0.363. The first-order valence-corrected chi connectivity index (χ1v) is 9.88. The van der Waals surface area contributed by atoms with Gasteiger partial charge in [0.1, 0.15) is 5.75 Å². The van der Waals surface area contributed by atoms with E-state index in [2.05, 4.69) is 21.7 Å². The van der Waals surface area contributed by atoms with Gasteiger partial charge in [-0.15, -0.1) is 0 Å². The number of phenolic OH excluding ortho intramolecular Hbond substituents is 1. The van der Waals surface area contributed by atoms with Crippen LogP contribution in [0.1, 0.15) is 11.1 Å². The van der Waals surface area contributed by atoms with E-state index in [1.165, 1.54) is 5.56 Å². The van der Waals surface area contributed by atoms with Gasteiger partial charge in [0, 0.05) is 40.0 Å². The molecular weight excluding hydrogens is 364 g/mol. The molecular formula is C24H20N2O3. The van der Waals surface area contributed by atoms with E-state index < -0.39 is 0 Å². The largest absolute Gasteiger partial charge is 0.508 e. The molecule has 1 aliphatic carbocycles. The Balaban J connectivity index is 1.90. The molecule has 5 heteroatoms. The Morgan fingerprint density at radius 2 is 1.83 bits per heavy atom. The monoisotopic (exact) mass is 384 g/mol. The van der Waals surface area contributed by atoms with E-state index in [9.17, 15) is 15.3 Å². The number of aromatic hydroxyl groups is 2. The summed E-state index contributed by atoms with van der Waals surface area (Å²) in [6.45, 7) is 0.574. The van der Waals surface area contributed by atoms with Crippen molar-refractivity contribution in [3.05, 3.63) is 59.8 Å². The summed E-state index contributed by atoms with van der Waals surface area (Å²) in [5.41, 5.74) is 6.55. The molecule has 0 saturated carbocycles. The van der Waals surface area contributed by atoms with Gasteiger partial charge in [0.2, 0.25) is 0 Å². The molecule has 0 fully saturated rings. The number of benzene rings is 3. The molecule has 0 aliphatic heterocycles. The minimum Gasteiger partial charge on any atom is -0.508 e. The Kier molecular flexibility index (Phi) is 3.29. The Morgan fingerprint density at radius 3 is 2.69 bits per heavy atom. The van der Waals surface area contributed by atoms with E-state index in [4.69, 9.17) is 0 Å². The molecule has 4 N–H and O–H groups in total. The van der Waals surface area contributed by atoms with Gasteiger partial charge in [-0.2, -0.15) is 0 Å². The fraction of sp³-hybridized carbons (Fsp3) is 0.167. The number of hydrogen-bond donors (Lipinski definition) is 4. The summed E-state index contributed by atoms with van der Waals surface area (Å²) in [5, 5.41) is 34.5. The lowest BCUT2D eigenvalue weighted by atomic mass is 9.82. The predicted molar refractivity (Wildman–Crippen MR) is 115 cm³/mol. The molecule has 5 aromatic rings. The lowest BCUT2D eigenvalue weighted by Crippen LogP contribution is -2.09. The second-order valence-corrected chi connectivity index (χ2v) is 7.74. The minimum atomic E-state index is 0.0590. The maximum atomic E-state index is 10.7. The summed E-state index contributed by atoms with van der Waals surface area (Å²) in [6, 6.07) is 13.7. The SMILES string of the molecule is OCCn1c2ccccc2c2c3c[nH]c(O)c3c3c(c21)CCc1cc(O)ccc1-3. The molecule has 0 saturated heterocycles. The summed E-state index contributed by atoms with van der Waals surface area (Å²) in [5.74, 6) is 0.426. The first-order chi connectivity index (χ1) is 14.2. The fourth-order valence-corrected chi connectivity index (χ4v) is 5.19. The number of hydrogen-bond acceptors (Lipinski definition) is 3. The van der Waals surface area contributed by atoms with Gasteiger partial charge in [-0.25, -0.2) is 0 Å². The van der Waals surface area contributed by atoms with Gasteiger partial charge >= 0.3 is 0 Å². The van der Waals surface area contributed by atoms with Crippen LogP contribution in [0, 0.1) is 0 Å². The zero-order valence-electron chi connectivity index (χ0n) is 15.7. The second-order valence-electron chi connectivity index (χ2n) is 7.74. The van der Waals surface area contributed by atoms with Gasteiger partial charge < -0.3 is 24.9 Å². The van der Waals surface area contributed by atoms with E-state index in [0.717, 1.165) is 62.1 Å². The third-order valence-corrected chi connectivity index (χ3v) is 6.26. The summed E-state index contributed by atoms with van der Waals surface area (Å²) in [6.07, 6.45) is 3.51. The highest BCUT2D eigenvalue weighted by atomic mass is 16.3. The van der Waals surface area contributed by atoms with E-state index in [0.29, 0.717) is 6.54 Å². The molecule has 2 aromatic heterocycles. The number of para-hydroxylation sites is 1. The number of aromatic amines is 1. The first kappa shape index (κ1) is 16.5. The van der Waals surface area contributed by atoms with Crippen LogP contribution in [0.5, 0.6) is 11.6 Å². The topological polar surface area (TPSA) is 81.4 Å². The first-order valence-electron chi connectivity index (χ1n) is 9.88. The Hall–Kier alpha value is -3.44. The summed E-state index contributed by atoms with van der Waals surface area (Å²) < 4.78 is 2.21. The third-order valence-electron chi connectivity index (χ3n) is 6.26. The van der Waals surface area contributed by atoms with Crippen molar-refractivity contribution in [3.63, 3.8) is 0 Å². The second kappa shape index (κ2) is 5.78. The van der Waals surface area contributed by atoms with Crippen molar-refractivity contribution >= 4 is 32.6 Å². The standard InChI is InChI=1S/C24H20N2O3/c27-10-9-26-19-4-2-1-3-16(19)21-18-12-25-24(29)22(18)20-15-8-6-14(28)11-13(15)5-7-17(20)23(21)26/h1-4,6,8,11-12,25,27-29H,5,7,9-10H2. The maximum absolute atomic E-state index is 10.7. The lowest BCUT2D eigenvalue weighted by Gasteiger charge is -2.23. The van der Waals surface area contributed by atoms with Crippen molar-refractivity contribution in [2.75, 3.05) is 6.61 Å². The Bertz CT molecular complexity index is 1440. The third kappa shape index (κ3) is 2.08.